The second-order valence-corrected chi connectivity index (χ2v) is 7.15. The lowest BCUT2D eigenvalue weighted by atomic mass is 10.4. The van der Waals surface area contributed by atoms with Crippen molar-refractivity contribution in [3.05, 3.63) is 29.7 Å². The zero-order valence-electron chi connectivity index (χ0n) is 9.48. The first-order valence-corrected chi connectivity index (χ1v) is 7.73. The Morgan fingerprint density at radius 2 is 2.22 bits per heavy atom. The molecule has 0 amide bonds. The molecule has 0 radical (unpaired) electrons. The van der Waals surface area contributed by atoms with Crippen LogP contribution in [0.5, 0.6) is 0 Å². The summed E-state index contributed by atoms with van der Waals surface area (Å²) in [6.45, 7) is 1.41. The molecule has 0 aliphatic carbocycles. The molecule has 0 bridgehead atoms. The summed E-state index contributed by atoms with van der Waals surface area (Å²) in [5.41, 5.74) is 6.06. The number of imidazole rings is 1. The van der Waals surface area contributed by atoms with Crippen molar-refractivity contribution in [2.24, 2.45) is 0 Å². The highest BCUT2D eigenvalue weighted by Crippen LogP contribution is 2.27. The maximum absolute atomic E-state index is 12.4. The number of rotatable bonds is 2. The highest BCUT2D eigenvalue weighted by Gasteiger charge is 2.29. The minimum Gasteiger partial charge on any atom is -0.398 e. The summed E-state index contributed by atoms with van der Waals surface area (Å²) in [6.07, 6.45) is 3.55. The van der Waals surface area contributed by atoms with E-state index in [4.69, 9.17) is 5.73 Å². The Balaban J connectivity index is 1.92. The van der Waals surface area contributed by atoms with Gasteiger partial charge in [0.05, 0.1) is 6.54 Å². The zero-order chi connectivity index (χ0) is 12.8. The summed E-state index contributed by atoms with van der Waals surface area (Å²) in [5, 5.41) is 1.64. The Labute approximate surface area is 109 Å². The van der Waals surface area contributed by atoms with Crippen molar-refractivity contribution >= 4 is 27.0 Å². The molecule has 0 saturated heterocycles. The third-order valence-corrected chi connectivity index (χ3v) is 6.18. The number of fused-ring (bicyclic) bond motifs is 1. The molecule has 2 aromatic heterocycles. The van der Waals surface area contributed by atoms with Gasteiger partial charge in [-0.15, -0.1) is 11.3 Å². The van der Waals surface area contributed by atoms with Crippen LogP contribution in [-0.2, 0) is 23.1 Å². The lowest BCUT2D eigenvalue weighted by Gasteiger charge is -2.26. The van der Waals surface area contributed by atoms with Gasteiger partial charge in [-0.3, -0.25) is 0 Å². The SMILES string of the molecule is Nc1csc(S(=O)(=O)N2CCn3ccnc3C2)c1. The van der Waals surface area contributed by atoms with Crippen LogP contribution in [0.25, 0.3) is 0 Å². The van der Waals surface area contributed by atoms with Crippen molar-refractivity contribution in [3.8, 4) is 0 Å². The molecular formula is C10H12N4O2S2. The van der Waals surface area contributed by atoms with Crippen LogP contribution in [0.15, 0.2) is 28.0 Å². The van der Waals surface area contributed by atoms with Crippen molar-refractivity contribution in [1.82, 2.24) is 13.9 Å². The number of nitrogens with zero attached hydrogens (tertiary/aromatic N) is 3. The fourth-order valence-corrected chi connectivity index (χ4v) is 4.57. The fourth-order valence-electron chi connectivity index (χ4n) is 1.95. The van der Waals surface area contributed by atoms with Gasteiger partial charge in [0.15, 0.2) is 0 Å². The van der Waals surface area contributed by atoms with Crippen LogP contribution in [0.4, 0.5) is 5.69 Å². The molecule has 6 nitrogen and oxygen atoms in total. The molecule has 0 aromatic carbocycles. The first-order chi connectivity index (χ1) is 8.57. The van der Waals surface area contributed by atoms with Gasteiger partial charge in [-0.05, 0) is 6.07 Å². The highest BCUT2D eigenvalue weighted by atomic mass is 32.2. The Kier molecular flexibility index (Phi) is 2.65. The van der Waals surface area contributed by atoms with Crippen LogP contribution in [-0.4, -0.2) is 28.8 Å². The molecule has 0 fully saturated rings. The van der Waals surface area contributed by atoms with E-state index in [-0.39, 0.29) is 0 Å². The van der Waals surface area contributed by atoms with Crippen molar-refractivity contribution in [2.45, 2.75) is 17.3 Å². The van der Waals surface area contributed by atoms with Gasteiger partial charge in [-0.2, -0.15) is 4.31 Å². The molecule has 2 aromatic rings. The van der Waals surface area contributed by atoms with Gasteiger partial charge in [0, 0.05) is 36.6 Å². The molecule has 3 rings (SSSR count). The molecule has 1 aliphatic heterocycles. The average molecular weight is 284 g/mol. The molecule has 0 unspecified atom stereocenters. The Bertz CT molecular complexity index is 674. The van der Waals surface area contributed by atoms with E-state index in [0.29, 0.717) is 29.5 Å². The predicted molar refractivity (Wildman–Crippen MR) is 68.6 cm³/mol. The molecule has 3 heterocycles. The molecule has 18 heavy (non-hydrogen) atoms. The van der Waals surface area contributed by atoms with E-state index in [1.165, 1.54) is 10.4 Å². The standard InChI is InChI=1S/C10H12N4O2S2/c11-8-5-10(17-7-8)18(15,16)14-4-3-13-2-1-12-9(13)6-14/h1-2,5,7H,3-4,6,11H2. The smallest absolute Gasteiger partial charge is 0.253 e. The topological polar surface area (TPSA) is 81.2 Å². The fraction of sp³-hybridized carbons (Fsp3) is 0.300. The van der Waals surface area contributed by atoms with Crippen LogP contribution >= 0.6 is 11.3 Å². The number of anilines is 1. The Morgan fingerprint density at radius 3 is 2.94 bits per heavy atom. The maximum Gasteiger partial charge on any atom is 0.253 e. The van der Waals surface area contributed by atoms with Gasteiger partial charge in [0.2, 0.25) is 0 Å². The minimum absolute atomic E-state index is 0.292. The highest BCUT2D eigenvalue weighted by molar-refractivity contribution is 7.91. The van der Waals surface area contributed by atoms with Gasteiger partial charge < -0.3 is 10.3 Å². The van der Waals surface area contributed by atoms with E-state index in [2.05, 4.69) is 4.98 Å². The van der Waals surface area contributed by atoms with Crippen molar-refractivity contribution in [2.75, 3.05) is 12.3 Å². The summed E-state index contributed by atoms with van der Waals surface area (Å²) >= 11 is 1.15. The summed E-state index contributed by atoms with van der Waals surface area (Å²) in [6, 6.07) is 1.50. The van der Waals surface area contributed by atoms with E-state index >= 15 is 0 Å². The normalized spacial score (nSPS) is 16.7. The summed E-state index contributed by atoms with van der Waals surface area (Å²) < 4.78 is 28.5. The summed E-state index contributed by atoms with van der Waals surface area (Å²) in [5.74, 6) is 0.773. The number of nitrogen functional groups attached to an aromatic ring is 1. The monoisotopic (exact) mass is 284 g/mol. The number of hydrogen-bond acceptors (Lipinski definition) is 5. The van der Waals surface area contributed by atoms with E-state index in [1.807, 2.05) is 10.8 Å². The van der Waals surface area contributed by atoms with Gasteiger partial charge >= 0.3 is 0 Å². The van der Waals surface area contributed by atoms with E-state index < -0.39 is 10.0 Å². The number of nitrogens with two attached hydrogens (primary N) is 1. The van der Waals surface area contributed by atoms with Crippen LogP contribution < -0.4 is 5.73 Å². The average Bonchev–Trinajstić information content (AvgIpc) is 2.96. The van der Waals surface area contributed by atoms with Gasteiger partial charge in [-0.1, -0.05) is 0 Å². The molecule has 1 aliphatic rings. The largest absolute Gasteiger partial charge is 0.398 e. The molecule has 0 atom stereocenters. The van der Waals surface area contributed by atoms with Gasteiger partial charge in [0.25, 0.3) is 10.0 Å². The zero-order valence-corrected chi connectivity index (χ0v) is 11.1. The molecule has 96 valence electrons. The Hall–Kier alpha value is -1.38. The first-order valence-electron chi connectivity index (χ1n) is 5.41. The van der Waals surface area contributed by atoms with Gasteiger partial charge in [-0.25, -0.2) is 13.4 Å². The summed E-state index contributed by atoms with van der Waals surface area (Å²) in [7, 11) is -3.44. The number of hydrogen-bond donors (Lipinski definition) is 1. The van der Waals surface area contributed by atoms with Crippen LogP contribution in [0, 0.1) is 0 Å². The lowest BCUT2D eigenvalue weighted by molar-refractivity contribution is 0.336. The lowest BCUT2D eigenvalue weighted by Crippen LogP contribution is -2.37. The number of aromatic nitrogens is 2. The van der Waals surface area contributed by atoms with Crippen LogP contribution in [0.2, 0.25) is 0 Å². The quantitative estimate of drug-likeness (QED) is 0.881. The second kappa shape index (κ2) is 4.08. The molecular weight excluding hydrogens is 272 g/mol. The number of thiophene rings is 1. The molecule has 2 N–H and O–H groups in total. The molecule has 8 heteroatoms. The van der Waals surface area contributed by atoms with Crippen LogP contribution in [0.3, 0.4) is 0 Å². The Morgan fingerprint density at radius 1 is 1.39 bits per heavy atom. The third-order valence-electron chi connectivity index (χ3n) is 2.90. The molecule has 0 saturated carbocycles. The van der Waals surface area contributed by atoms with Crippen LogP contribution in [0.1, 0.15) is 5.82 Å². The van der Waals surface area contributed by atoms with Crippen molar-refractivity contribution < 1.29 is 8.42 Å². The summed E-state index contributed by atoms with van der Waals surface area (Å²) in [4.78, 5) is 4.15. The van der Waals surface area contributed by atoms with Crippen molar-refractivity contribution in [3.63, 3.8) is 0 Å². The molecule has 0 spiro atoms. The number of sulfonamides is 1. The minimum atomic E-state index is -3.44. The third kappa shape index (κ3) is 1.82. The van der Waals surface area contributed by atoms with E-state index in [0.717, 1.165) is 17.2 Å². The first kappa shape index (κ1) is 11.7. The predicted octanol–water partition coefficient (Wildman–Crippen LogP) is 0.731. The van der Waals surface area contributed by atoms with E-state index in [9.17, 15) is 8.42 Å². The van der Waals surface area contributed by atoms with Gasteiger partial charge in [0.1, 0.15) is 10.0 Å². The second-order valence-electron chi connectivity index (χ2n) is 4.07. The van der Waals surface area contributed by atoms with Crippen molar-refractivity contribution in [1.29, 1.82) is 0 Å². The maximum atomic E-state index is 12.4. The van der Waals surface area contributed by atoms with E-state index in [1.54, 1.807) is 11.6 Å².